The number of hydrogen-bond acceptors (Lipinski definition) is 1. The van der Waals surface area contributed by atoms with Gasteiger partial charge in [-0.3, -0.25) is 0 Å². The Kier molecular flexibility index (Phi) is 7.42. The number of rotatable bonds is 8. The Hall–Kier alpha value is -0.340. The molecule has 0 amide bonds. The molecule has 1 rings (SSSR count). The highest BCUT2D eigenvalue weighted by Gasteiger charge is 2.29. The van der Waals surface area contributed by atoms with Gasteiger partial charge in [-0.25, -0.2) is 0 Å². The predicted molar refractivity (Wildman–Crippen MR) is 97.9 cm³/mol. The molecule has 1 N–H and O–H groups in total. The van der Waals surface area contributed by atoms with Crippen LogP contribution in [0.15, 0.2) is 28.7 Å². The summed E-state index contributed by atoms with van der Waals surface area (Å²) < 4.78 is 1.16. The summed E-state index contributed by atoms with van der Waals surface area (Å²) in [7, 11) is 0. The van der Waals surface area contributed by atoms with E-state index in [1.807, 2.05) is 0 Å². The third-order valence-electron chi connectivity index (χ3n) is 4.30. The van der Waals surface area contributed by atoms with Gasteiger partial charge < -0.3 is 5.32 Å². The average molecular weight is 354 g/mol. The molecule has 0 saturated carbocycles. The highest BCUT2D eigenvalue weighted by atomic mass is 79.9. The molecular weight excluding hydrogens is 322 g/mol. The molecule has 0 radical (unpaired) electrons. The number of hydrogen-bond donors (Lipinski definition) is 1. The minimum Gasteiger partial charge on any atom is -0.312 e. The molecule has 0 aliphatic rings. The van der Waals surface area contributed by atoms with Crippen molar-refractivity contribution in [3.63, 3.8) is 0 Å². The van der Waals surface area contributed by atoms with Crippen LogP contribution in [0, 0.1) is 5.41 Å². The monoisotopic (exact) mass is 353 g/mol. The summed E-state index contributed by atoms with van der Waals surface area (Å²) in [5, 5.41) is 3.74. The lowest BCUT2D eigenvalue weighted by atomic mass is 9.74. The Morgan fingerprint density at radius 1 is 1.05 bits per heavy atom. The van der Waals surface area contributed by atoms with Crippen molar-refractivity contribution in [3.05, 3.63) is 34.3 Å². The Balaban J connectivity index is 2.85. The van der Waals surface area contributed by atoms with Crippen LogP contribution in [-0.2, 0) is 6.42 Å². The van der Waals surface area contributed by atoms with Crippen LogP contribution in [0.2, 0.25) is 0 Å². The summed E-state index contributed by atoms with van der Waals surface area (Å²) in [6, 6.07) is 8.84. The van der Waals surface area contributed by atoms with E-state index in [0.29, 0.717) is 5.41 Å². The van der Waals surface area contributed by atoms with Crippen molar-refractivity contribution in [1.29, 1.82) is 0 Å². The molecule has 0 saturated heterocycles. The van der Waals surface area contributed by atoms with Crippen LogP contribution in [0.1, 0.15) is 65.9 Å². The Labute approximate surface area is 140 Å². The molecule has 0 fully saturated rings. The van der Waals surface area contributed by atoms with Crippen LogP contribution in [-0.4, -0.2) is 12.1 Å². The summed E-state index contributed by atoms with van der Waals surface area (Å²) in [6.45, 7) is 12.5. The molecule has 21 heavy (non-hydrogen) atoms. The Morgan fingerprint density at radius 3 is 2.14 bits per heavy atom. The number of halogens is 1. The Bertz CT molecular complexity index is 405. The fourth-order valence-corrected chi connectivity index (χ4v) is 2.97. The lowest BCUT2D eigenvalue weighted by Crippen LogP contribution is -2.44. The van der Waals surface area contributed by atoms with Gasteiger partial charge >= 0.3 is 0 Å². The largest absolute Gasteiger partial charge is 0.312 e. The van der Waals surface area contributed by atoms with Gasteiger partial charge in [0.1, 0.15) is 0 Å². The zero-order valence-corrected chi connectivity index (χ0v) is 16.0. The molecule has 1 aromatic rings. The summed E-state index contributed by atoms with van der Waals surface area (Å²) in [5.74, 6) is 0. The van der Waals surface area contributed by atoms with Gasteiger partial charge in [0.2, 0.25) is 0 Å². The van der Waals surface area contributed by atoms with Gasteiger partial charge in [0.05, 0.1) is 0 Å². The molecule has 0 heterocycles. The zero-order chi connectivity index (χ0) is 15.9. The zero-order valence-electron chi connectivity index (χ0n) is 14.4. The molecule has 1 aromatic carbocycles. The number of unbranched alkanes of at least 4 members (excludes halogenated alkanes) is 1. The highest BCUT2D eigenvalue weighted by molar-refractivity contribution is 9.10. The van der Waals surface area contributed by atoms with Crippen LogP contribution in [0.3, 0.4) is 0 Å². The van der Waals surface area contributed by atoms with Crippen molar-refractivity contribution in [2.75, 3.05) is 6.54 Å². The molecule has 120 valence electrons. The molecular formula is C19H32BrN. The summed E-state index contributed by atoms with van der Waals surface area (Å²) in [5.41, 5.74) is 2.01. The normalized spacial score (nSPS) is 15.0. The van der Waals surface area contributed by atoms with E-state index >= 15 is 0 Å². The molecule has 0 spiro atoms. The quantitative estimate of drug-likeness (QED) is 0.607. The van der Waals surface area contributed by atoms with E-state index < -0.39 is 0 Å². The van der Waals surface area contributed by atoms with E-state index in [9.17, 15) is 0 Å². The molecule has 1 nitrogen and oxygen atoms in total. The Morgan fingerprint density at radius 2 is 1.67 bits per heavy atom. The van der Waals surface area contributed by atoms with Gasteiger partial charge in [-0.05, 0) is 63.1 Å². The maximum absolute atomic E-state index is 3.74. The predicted octanol–water partition coefficient (Wildman–Crippen LogP) is 5.97. The third-order valence-corrected chi connectivity index (χ3v) is 4.83. The fourth-order valence-electron chi connectivity index (χ4n) is 2.71. The van der Waals surface area contributed by atoms with E-state index in [-0.39, 0.29) is 5.54 Å². The second-order valence-corrected chi connectivity index (χ2v) is 8.28. The van der Waals surface area contributed by atoms with Crippen molar-refractivity contribution in [2.24, 2.45) is 5.41 Å². The van der Waals surface area contributed by atoms with Crippen molar-refractivity contribution < 1.29 is 0 Å². The second-order valence-electron chi connectivity index (χ2n) is 7.36. The van der Waals surface area contributed by atoms with E-state index in [1.54, 1.807) is 0 Å². The molecule has 0 bridgehead atoms. The first-order valence-electron chi connectivity index (χ1n) is 8.30. The van der Waals surface area contributed by atoms with Gasteiger partial charge in [-0.1, -0.05) is 54.8 Å². The summed E-state index contributed by atoms with van der Waals surface area (Å²) >= 11 is 3.53. The first kappa shape index (κ1) is 18.7. The van der Waals surface area contributed by atoms with Crippen LogP contribution >= 0.6 is 15.9 Å². The van der Waals surface area contributed by atoms with Gasteiger partial charge in [-0.15, -0.1) is 0 Å². The molecule has 2 heteroatoms. The first-order chi connectivity index (χ1) is 9.80. The fraction of sp³-hybridized carbons (Fsp3) is 0.684. The molecule has 0 aliphatic heterocycles. The SMILES string of the molecule is CCCCC(CC)(CNC(C)(C)C)Cc1ccc(Br)cc1. The second kappa shape index (κ2) is 8.33. The van der Waals surface area contributed by atoms with Crippen molar-refractivity contribution >= 4 is 15.9 Å². The lowest BCUT2D eigenvalue weighted by Gasteiger charge is -2.36. The van der Waals surface area contributed by atoms with Gasteiger partial charge in [0, 0.05) is 16.6 Å². The molecule has 0 aliphatic carbocycles. The maximum atomic E-state index is 3.74. The lowest BCUT2D eigenvalue weighted by molar-refractivity contribution is 0.206. The van der Waals surface area contributed by atoms with Crippen molar-refractivity contribution in [3.8, 4) is 0 Å². The van der Waals surface area contributed by atoms with E-state index in [4.69, 9.17) is 0 Å². The van der Waals surface area contributed by atoms with E-state index in [0.717, 1.165) is 11.0 Å². The molecule has 1 atom stereocenters. The standard InChI is InChI=1S/C19H32BrN/c1-6-8-13-19(7-2,15-21-18(3,4)5)14-16-9-11-17(20)12-10-16/h9-12,21H,6-8,13-15H2,1-5H3. The van der Waals surface area contributed by atoms with Crippen molar-refractivity contribution in [1.82, 2.24) is 5.32 Å². The van der Waals surface area contributed by atoms with E-state index in [1.165, 1.54) is 37.7 Å². The van der Waals surface area contributed by atoms with Crippen LogP contribution < -0.4 is 5.32 Å². The van der Waals surface area contributed by atoms with Crippen LogP contribution in [0.5, 0.6) is 0 Å². The average Bonchev–Trinajstić information content (AvgIpc) is 2.43. The van der Waals surface area contributed by atoms with Crippen LogP contribution in [0.4, 0.5) is 0 Å². The number of nitrogens with one attached hydrogen (secondary N) is 1. The topological polar surface area (TPSA) is 12.0 Å². The summed E-state index contributed by atoms with van der Waals surface area (Å²) in [6.07, 6.45) is 6.29. The molecule has 1 unspecified atom stereocenters. The van der Waals surface area contributed by atoms with Gasteiger partial charge in [0.15, 0.2) is 0 Å². The maximum Gasteiger partial charge on any atom is 0.0175 e. The summed E-state index contributed by atoms with van der Waals surface area (Å²) in [4.78, 5) is 0. The van der Waals surface area contributed by atoms with E-state index in [2.05, 4.69) is 80.1 Å². The highest BCUT2D eigenvalue weighted by Crippen LogP contribution is 2.33. The van der Waals surface area contributed by atoms with Gasteiger partial charge in [-0.2, -0.15) is 0 Å². The van der Waals surface area contributed by atoms with Crippen molar-refractivity contribution in [2.45, 2.75) is 72.3 Å². The molecule has 0 aromatic heterocycles. The van der Waals surface area contributed by atoms with Gasteiger partial charge in [0.25, 0.3) is 0 Å². The minimum absolute atomic E-state index is 0.187. The van der Waals surface area contributed by atoms with Crippen LogP contribution in [0.25, 0.3) is 0 Å². The third kappa shape index (κ3) is 6.97. The minimum atomic E-state index is 0.187. The first-order valence-corrected chi connectivity index (χ1v) is 9.09. The smallest absolute Gasteiger partial charge is 0.0175 e. The number of benzene rings is 1.